The van der Waals surface area contributed by atoms with Crippen molar-refractivity contribution in [2.24, 2.45) is 16.7 Å². The molecule has 1 aromatic heterocycles. The average molecular weight is 921 g/mol. The van der Waals surface area contributed by atoms with Crippen LogP contribution in [-0.4, -0.2) is 125 Å². The number of anilines is 2. The van der Waals surface area contributed by atoms with E-state index in [1.54, 1.807) is 35.2 Å². The Morgan fingerprint density at radius 3 is 2.24 bits per heavy atom. The second-order valence-corrected chi connectivity index (χ2v) is 20.1. The van der Waals surface area contributed by atoms with Crippen molar-refractivity contribution in [3.63, 3.8) is 0 Å². The Balaban J connectivity index is 0.715. The molecule has 66 heavy (non-hydrogen) atoms. The molecule has 5 aliphatic rings. The molecule has 1 atom stereocenters. The van der Waals surface area contributed by atoms with E-state index in [1.807, 2.05) is 35.2 Å². The van der Waals surface area contributed by atoms with Crippen molar-refractivity contribution >= 4 is 57.5 Å². The molecule has 16 nitrogen and oxygen atoms in total. The number of rotatable bonds is 10. The first-order valence-corrected chi connectivity index (χ1v) is 23.0. The third kappa shape index (κ3) is 8.45. The molecular weight excluding hydrogens is 867 g/mol. The number of nitrogens with zero attached hydrogens (tertiary/aromatic N) is 8. The van der Waals surface area contributed by atoms with Gasteiger partial charge in [-0.3, -0.25) is 34.2 Å². The van der Waals surface area contributed by atoms with Crippen LogP contribution in [0, 0.1) is 28.1 Å². The van der Waals surface area contributed by atoms with Crippen molar-refractivity contribution in [3.05, 3.63) is 87.2 Å². The Hall–Kier alpha value is -6.12. The number of halogens is 2. The number of nitrogens with one attached hydrogen (secondary N) is 2. The second kappa shape index (κ2) is 17.3. The summed E-state index contributed by atoms with van der Waals surface area (Å²) in [6.45, 7) is 13.1. The monoisotopic (exact) mass is 920 g/mol. The third-order valence-electron chi connectivity index (χ3n) is 14.5. The molecule has 1 saturated carbocycles. The normalized spacial score (nSPS) is 23.9. The Morgan fingerprint density at radius 1 is 0.909 bits per heavy atom. The highest BCUT2D eigenvalue weighted by atomic mass is 35.5. The maximum atomic E-state index is 16.3. The number of imide groups is 1. The lowest BCUT2D eigenvalue weighted by Gasteiger charge is -2.63. The Kier molecular flexibility index (Phi) is 11.8. The molecule has 0 bridgehead atoms. The summed E-state index contributed by atoms with van der Waals surface area (Å²) < 4.78 is 23.7. The molecule has 4 amide bonds. The molecule has 5 heterocycles. The fraction of sp³-hybridized carbons (Fsp3) is 0.500. The largest absolute Gasteiger partial charge is 0.489 e. The molecular formula is C48H54ClFN10O6. The number of aromatic nitrogens is 3. The molecule has 4 saturated heterocycles. The number of alkyl halides is 1. The van der Waals surface area contributed by atoms with Crippen LogP contribution in [0.4, 0.5) is 15.8 Å². The SMILES string of the molecule is CC1(C)[C@H](NC(=O)c2ccc(N3CCN(CC4(F)CCN(C(=O)C5CN(c6ccc7nnn(C8CCC(=O)NC8=O)c(=O)c7c6)C5)CC4)CC3)cc2)C(C)(C)[C@H]1Oc1ccc(C#N)c(Cl)c1. The number of nitriles is 1. The highest BCUT2D eigenvalue weighted by molar-refractivity contribution is 6.31. The van der Waals surface area contributed by atoms with Gasteiger partial charge in [-0.2, -0.15) is 9.94 Å². The number of piperidine rings is 2. The predicted molar refractivity (Wildman–Crippen MR) is 245 cm³/mol. The van der Waals surface area contributed by atoms with Crippen LogP contribution in [0.25, 0.3) is 10.9 Å². The lowest BCUT2D eigenvalue weighted by Crippen LogP contribution is -2.74. The molecule has 1 unspecified atom stereocenters. The topological polar surface area (TPSA) is 186 Å². The minimum Gasteiger partial charge on any atom is -0.489 e. The summed E-state index contributed by atoms with van der Waals surface area (Å²) in [4.78, 5) is 72.7. The van der Waals surface area contributed by atoms with E-state index in [-0.39, 0.29) is 72.3 Å². The summed E-state index contributed by atoms with van der Waals surface area (Å²) in [5.74, 6) is -0.773. The number of benzene rings is 3. The van der Waals surface area contributed by atoms with E-state index in [9.17, 15) is 29.2 Å². The number of hydrogen-bond donors (Lipinski definition) is 2. The minimum atomic E-state index is -1.39. The molecule has 346 valence electrons. The first-order valence-electron chi connectivity index (χ1n) is 22.6. The minimum absolute atomic E-state index is 0.0124. The van der Waals surface area contributed by atoms with Crippen molar-refractivity contribution in [1.82, 2.24) is 35.4 Å². The molecule has 5 fully saturated rings. The lowest BCUT2D eigenvalue weighted by atomic mass is 9.49. The van der Waals surface area contributed by atoms with Crippen LogP contribution < -0.4 is 30.7 Å². The zero-order valence-corrected chi connectivity index (χ0v) is 38.3. The van der Waals surface area contributed by atoms with Gasteiger partial charge in [-0.1, -0.05) is 44.5 Å². The maximum absolute atomic E-state index is 16.3. The number of likely N-dealkylation sites (tertiary alicyclic amines) is 1. The van der Waals surface area contributed by atoms with Gasteiger partial charge in [-0.15, -0.1) is 5.10 Å². The number of carbonyl (C=O) groups is 4. The van der Waals surface area contributed by atoms with Gasteiger partial charge in [0.15, 0.2) is 0 Å². The highest BCUT2D eigenvalue weighted by Crippen LogP contribution is 2.55. The molecule has 0 radical (unpaired) electrons. The fourth-order valence-electron chi connectivity index (χ4n) is 10.9. The fourth-order valence-corrected chi connectivity index (χ4v) is 11.2. The predicted octanol–water partition coefficient (Wildman–Crippen LogP) is 4.50. The standard InChI is InChI=1S/C48H54ClFN10O6/c1-46(2)44(47(3,4)45(46)66-34-11-7-30(25-51)36(49)24-34)53-40(62)29-5-8-32(9-6-29)57-21-19-56(20-22-57)28-48(50)15-17-58(18-16-48)42(64)31-26-59(27-31)33-10-12-37-35(23-33)43(65)60(55-54-37)38-13-14-39(61)52-41(38)63/h5-12,23-24,31,38,44-45H,13-22,26-28H2,1-4H3,(H,53,62)(H,52,61,63)/t38?,44-,45-. The van der Waals surface area contributed by atoms with Gasteiger partial charge in [0.2, 0.25) is 11.8 Å². The van der Waals surface area contributed by atoms with Crippen LogP contribution in [-0.2, 0) is 14.4 Å². The van der Waals surface area contributed by atoms with Gasteiger partial charge >= 0.3 is 0 Å². The molecule has 0 spiro atoms. The van der Waals surface area contributed by atoms with Crippen LogP contribution >= 0.6 is 11.6 Å². The summed E-state index contributed by atoms with van der Waals surface area (Å²) in [7, 11) is 0. The Bertz CT molecular complexity index is 2670. The second-order valence-electron chi connectivity index (χ2n) is 19.7. The summed E-state index contributed by atoms with van der Waals surface area (Å²) in [6, 6.07) is 18.9. The van der Waals surface area contributed by atoms with Crippen LogP contribution in [0.3, 0.4) is 0 Å². The van der Waals surface area contributed by atoms with E-state index in [0.717, 1.165) is 29.1 Å². The van der Waals surface area contributed by atoms with E-state index in [1.165, 1.54) is 0 Å². The van der Waals surface area contributed by atoms with Gasteiger partial charge in [0, 0.05) is 118 Å². The van der Waals surface area contributed by atoms with Crippen molar-refractivity contribution in [2.45, 2.75) is 77.2 Å². The van der Waals surface area contributed by atoms with Crippen molar-refractivity contribution in [2.75, 3.05) is 68.7 Å². The lowest BCUT2D eigenvalue weighted by molar-refractivity contribution is -0.164. The maximum Gasteiger partial charge on any atom is 0.278 e. The van der Waals surface area contributed by atoms with Crippen LogP contribution in [0.1, 0.15) is 75.3 Å². The summed E-state index contributed by atoms with van der Waals surface area (Å²) in [6.07, 6.45) is 0.617. The number of ether oxygens (including phenoxy) is 1. The molecule has 2 N–H and O–H groups in total. The zero-order chi connectivity index (χ0) is 46.7. The van der Waals surface area contributed by atoms with Gasteiger partial charge < -0.3 is 24.8 Å². The van der Waals surface area contributed by atoms with Crippen molar-refractivity contribution in [3.8, 4) is 11.8 Å². The molecule has 18 heteroatoms. The quantitative estimate of drug-likeness (QED) is 0.213. The number of fused-ring (bicyclic) bond motifs is 1. The van der Waals surface area contributed by atoms with Crippen LogP contribution in [0.5, 0.6) is 5.75 Å². The van der Waals surface area contributed by atoms with E-state index in [2.05, 4.69) is 64.5 Å². The van der Waals surface area contributed by atoms with E-state index in [4.69, 9.17) is 16.3 Å². The Labute approximate surface area is 387 Å². The molecule has 9 rings (SSSR count). The van der Waals surface area contributed by atoms with E-state index >= 15 is 4.39 Å². The Morgan fingerprint density at radius 2 is 1.59 bits per heavy atom. The zero-order valence-electron chi connectivity index (χ0n) is 37.6. The highest BCUT2D eigenvalue weighted by Gasteiger charge is 2.64. The molecule has 3 aromatic carbocycles. The van der Waals surface area contributed by atoms with Gasteiger partial charge in [0.1, 0.15) is 35.2 Å². The average Bonchev–Trinajstić information content (AvgIpc) is 3.27. The molecule has 4 aliphatic heterocycles. The van der Waals surface area contributed by atoms with E-state index < -0.39 is 23.2 Å². The number of hydrogen-bond acceptors (Lipinski definition) is 12. The van der Waals surface area contributed by atoms with Crippen molar-refractivity contribution < 1.29 is 28.3 Å². The number of piperazine rings is 1. The number of amides is 4. The summed E-state index contributed by atoms with van der Waals surface area (Å²) >= 11 is 6.25. The number of carbonyl (C=O) groups excluding carboxylic acids is 4. The van der Waals surface area contributed by atoms with Gasteiger partial charge in [-0.25, -0.2) is 4.39 Å². The van der Waals surface area contributed by atoms with E-state index in [0.29, 0.717) is 78.6 Å². The van der Waals surface area contributed by atoms with Crippen LogP contribution in [0.2, 0.25) is 5.02 Å². The molecule has 4 aromatic rings. The summed E-state index contributed by atoms with van der Waals surface area (Å²) in [5, 5.41) is 23.5. The van der Waals surface area contributed by atoms with Gasteiger partial charge in [-0.05, 0) is 61.0 Å². The van der Waals surface area contributed by atoms with Crippen LogP contribution in [0.15, 0.2) is 65.5 Å². The van der Waals surface area contributed by atoms with Crippen molar-refractivity contribution in [1.29, 1.82) is 5.26 Å². The smallest absolute Gasteiger partial charge is 0.278 e. The first-order chi connectivity index (χ1) is 31.4. The van der Waals surface area contributed by atoms with Gasteiger partial charge in [0.25, 0.3) is 17.4 Å². The third-order valence-corrected chi connectivity index (χ3v) is 14.9. The first kappa shape index (κ1) is 45.1. The summed E-state index contributed by atoms with van der Waals surface area (Å²) in [5.41, 5.74) is 0.455. The van der Waals surface area contributed by atoms with Gasteiger partial charge in [0.05, 0.1) is 21.9 Å². The molecule has 1 aliphatic carbocycles.